The van der Waals surface area contributed by atoms with Gasteiger partial charge in [0.25, 0.3) is 0 Å². The molecule has 1 aromatic rings. The fraction of sp³-hybridized carbons (Fsp3) is 0.667. The molecule has 0 saturated carbocycles. The van der Waals surface area contributed by atoms with Crippen LogP contribution in [0.5, 0.6) is 5.75 Å². The zero-order valence-electron chi connectivity index (χ0n) is 18.6. The molecule has 6 nitrogen and oxygen atoms in total. The Morgan fingerprint density at radius 1 is 1.30 bits per heavy atom. The Morgan fingerprint density at radius 3 is 2.57 bits per heavy atom. The molecule has 4 atom stereocenters. The molecule has 2 aliphatic rings. The lowest BCUT2D eigenvalue weighted by atomic mass is 9.93. The van der Waals surface area contributed by atoms with Crippen molar-refractivity contribution in [3.05, 3.63) is 26.3 Å². The fourth-order valence-electron chi connectivity index (χ4n) is 3.74. The summed E-state index contributed by atoms with van der Waals surface area (Å²) in [5.74, 6) is 0.383. The van der Waals surface area contributed by atoms with Gasteiger partial charge in [-0.3, -0.25) is 9.63 Å². The van der Waals surface area contributed by atoms with Crippen LogP contribution in [0, 0.1) is 9.49 Å². The van der Waals surface area contributed by atoms with Crippen LogP contribution in [-0.2, 0) is 25.3 Å². The van der Waals surface area contributed by atoms with Gasteiger partial charge in [-0.15, -0.1) is 0 Å². The van der Waals surface area contributed by atoms with E-state index in [-0.39, 0.29) is 29.1 Å². The Kier molecular flexibility index (Phi) is 7.16. The molecule has 168 valence electrons. The van der Waals surface area contributed by atoms with E-state index in [1.807, 2.05) is 19.1 Å². The maximum Gasteiger partial charge on any atom is 0.326 e. The van der Waals surface area contributed by atoms with Gasteiger partial charge >= 0.3 is 5.97 Å². The molecule has 2 fully saturated rings. The van der Waals surface area contributed by atoms with E-state index in [0.717, 1.165) is 9.13 Å². The Balaban J connectivity index is 1.82. The molecule has 9 heteroatoms. The highest BCUT2D eigenvalue weighted by Gasteiger charge is 2.56. The van der Waals surface area contributed by atoms with Crippen molar-refractivity contribution < 1.29 is 23.5 Å². The van der Waals surface area contributed by atoms with E-state index in [1.54, 1.807) is 12.2 Å². The molecular weight excluding hydrogens is 537 g/mol. The first-order chi connectivity index (χ1) is 13.9. The molecular formula is C21H31ClINO5Si. The molecule has 3 rings (SSSR count). The molecule has 0 N–H and O–H groups in total. The average Bonchev–Trinajstić information content (AvgIpc) is 3.15. The van der Waals surface area contributed by atoms with Crippen molar-refractivity contribution in [1.82, 2.24) is 5.06 Å². The van der Waals surface area contributed by atoms with Crippen LogP contribution in [0.15, 0.2) is 12.1 Å². The molecule has 2 aliphatic heterocycles. The zero-order chi connectivity index (χ0) is 22.4. The summed E-state index contributed by atoms with van der Waals surface area (Å²) in [5, 5.41) is 2.47. The molecule has 0 aromatic heterocycles. The SMILES string of the molecule is COc1c(CN2O[C@@H](CO[Si](C)(C)C(C)(C)C)[C@H]3[C@H](C)OC(=O)[C@H]32)ccc(Cl)c1I. The standard InChI is InChI=1S/C21H31ClINO5Si/c1-12-16-15(11-27-30(6,7)21(2,3)4)29-24(18(16)20(25)28-12)10-13-8-9-14(22)17(23)19(13)26-5/h8-9,12,15-16,18H,10-11H2,1-7H3/t12-,15-,16+,18-/m0/s1. The third kappa shape index (κ3) is 4.54. The summed E-state index contributed by atoms with van der Waals surface area (Å²) in [7, 11) is -0.322. The lowest BCUT2D eigenvalue weighted by molar-refractivity contribution is -0.195. The lowest BCUT2D eigenvalue weighted by Crippen LogP contribution is -2.44. The number of benzene rings is 1. The Morgan fingerprint density at radius 2 is 1.97 bits per heavy atom. The Hall–Kier alpha value is -0.393. The van der Waals surface area contributed by atoms with Gasteiger partial charge in [0.05, 0.1) is 34.8 Å². The van der Waals surface area contributed by atoms with Gasteiger partial charge in [0.1, 0.15) is 24.0 Å². The summed E-state index contributed by atoms with van der Waals surface area (Å²) in [4.78, 5) is 18.9. The monoisotopic (exact) mass is 567 g/mol. The maximum atomic E-state index is 12.6. The first-order valence-electron chi connectivity index (χ1n) is 10.2. The van der Waals surface area contributed by atoms with E-state index >= 15 is 0 Å². The maximum absolute atomic E-state index is 12.6. The van der Waals surface area contributed by atoms with Gasteiger partial charge in [-0.1, -0.05) is 38.4 Å². The van der Waals surface area contributed by atoms with Crippen LogP contribution in [0.2, 0.25) is 23.2 Å². The van der Waals surface area contributed by atoms with Gasteiger partial charge in [-0.05, 0) is 53.7 Å². The van der Waals surface area contributed by atoms with Gasteiger partial charge < -0.3 is 13.9 Å². The molecule has 1 aromatic carbocycles. The van der Waals surface area contributed by atoms with E-state index in [0.29, 0.717) is 23.9 Å². The van der Waals surface area contributed by atoms with E-state index in [1.165, 1.54) is 0 Å². The van der Waals surface area contributed by atoms with Crippen LogP contribution in [0.4, 0.5) is 0 Å². The highest BCUT2D eigenvalue weighted by atomic mass is 127. The average molecular weight is 568 g/mol. The largest absolute Gasteiger partial charge is 0.495 e. The molecule has 0 unspecified atom stereocenters. The van der Waals surface area contributed by atoms with Gasteiger partial charge in [-0.25, -0.2) is 0 Å². The van der Waals surface area contributed by atoms with Crippen LogP contribution >= 0.6 is 34.2 Å². The number of hydrogen-bond acceptors (Lipinski definition) is 6. The van der Waals surface area contributed by atoms with Gasteiger partial charge in [0.2, 0.25) is 0 Å². The van der Waals surface area contributed by atoms with Crippen molar-refractivity contribution in [3.63, 3.8) is 0 Å². The minimum Gasteiger partial charge on any atom is -0.495 e. The number of carbonyl (C=O) groups excluding carboxylic acids is 1. The second-order valence-corrected chi connectivity index (χ2v) is 15.8. The van der Waals surface area contributed by atoms with Crippen LogP contribution in [0.3, 0.4) is 0 Å². The number of fused-ring (bicyclic) bond motifs is 1. The van der Waals surface area contributed by atoms with Crippen molar-refractivity contribution in [1.29, 1.82) is 0 Å². The van der Waals surface area contributed by atoms with Crippen LogP contribution in [0.1, 0.15) is 33.3 Å². The second kappa shape index (κ2) is 8.86. The first kappa shape index (κ1) is 24.3. The predicted octanol–water partition coefficient (Wildman–Crippen LogP) is 5.02. The van der Waals surface area contributed by atoms with Gasteiger partial charge in [-0.2, -0.15) is 5.06 Å². The van der Waals surface area contributed by atoms with Crippen molar-refractivity contribution in [3.8, 4) is 5.75 Å². The van der Waals surface area contributed by atoms with Crippen molar-refractivity contribution in [2.24, 2.45) is 5.92 Å². The second-order valence-electron chi connectivity index (χ2n) is 9.51. The number of esters is 1. The number of cyclic esters (lactones) is 1. The zero-order valence-corrected chi connectivity index (χ0v) is 22.5. The summed E-state index contributed by atoms with van der Waals surface area (Å²) in [5.41, 5.74) is 0.906. The number of nitrogens with zero attached hydrogens (tertiary/aromatic N) is 1. The fourth-order valence-corrected chi connectivity index (χ4v) is 5.65. The third-order valence-corrected chi connectivity index (χ3v) is 12.7. The molecule has 30 heavy (non-hydrogen) atoms. The summed E-state index contributed by atoms with van der Waals surface area (Å²) < 4.78 is 18.4. The molecule has 2 saturated heterocycles. The number of carbonyl (C=O) groups is 1. The smallest absolute Gasteiger partial charge is 0.326 e. The number of hydrogen-bond donors (Lipinski definition) is 0. The van der Waals surface area contributed by atoms with Crippen molar-refractivity contribution >= 4 is 48.5 Å². The summed E-state index contributed by atoms with van der Waals surface area (Å²) in [6.45, 7) is 13.9. The predicted molar refractivity (Wildman–Crippen MR) is 127 cm³/mol. The number of hydroxylamine groups is 2. The number of ether oxygens (including phenoxy) is 2. The summed E-state index contributed by atoms with van der Waals surface area (Å²) in [6, 6.07) is 3.29. The third-order valence-electron chi connectivity index (χ3n) is 6.54. The summed E-state index contributed by atoms with van der Waals surface area (Å²) >= 11 is 8.40. The minimum absolute atomic E-state index is 0.0698. The topological polar surface area (TPSA) is 57.2 Å². The van der Waals surface area contributed by atoms with E-state index in [2.05, 4.69) is 56.5 Å². The lowest BCUT2D eigenvalue weighted by Gasteiger charge is -2.37. The first-order valence-corrected chi connectivity index (χ1v) is 14.5. The minimum atomic E-state index is -1.94. The van der Waals surface area contributed by atoms with Crippen LogP contribution in [-0.4, -0.2) is 51.3 Å². The molecule has 0 spiro atoms. The quantitative estimate of drug-likeness (QED) is 0.273. The van der Waals surface area contributed by atoms with Crippen LogP contribution in [0.25, 0.3) is 0 Å². The summed E-state index contributed by atoms with van der Waals surface area (Å²) in [6.07, 6.45) is -0.448. The highest BCUT2D eigenvalue weighted by molar-refractivity contribution is 14.1. The van der Waals surface area contributed by atoms with Gasteiger partial charge in [0.15, 0.2) is 8.32 Å². The van der Waals surface area contributed by atoms with Crippen LogP contribution < -0.4 is 4.74 Å². The van der Waals surface area contributed by atoms with Crippen molar-refractivity contribution in [2.45, 2.75) is 70.6 Å². The normalized spacial score (nSPS) is 27.3. The molecule has 0 aliphatic carbocycles. The number of halogens is 2. The molecule has 2 heterocycles. The van der Waals surface area contributed by atoms with E-state index in [9.17, 15) is 4.79 Å². The molecule has 0 amide bonds. The van der Waals surface area contributed by atoms with E-state index < -0.39 is 14.4 Å². The Bertz CT molecular complexity index is 815. The molecule has 0 radical (unpaired) electrons. The molecule has 0 bridgehead atoms. The Labute approximate surface area is 198 Å². The highest BCUT2D eigenvalue weighted by Crippen LogP contribution is 2.42. The van der Waals surface area contributed by atoms with E-state index in [4.69, 9.17) is 30.3 Å². The van der Waals surface area contributed by atoms with Gasteiger partial charge in [0, 0.05) is 5.56 Å². The van der Waals surface area contributed by atoms with Crippen molar-refractivity contribution in [2.75, 3.05) is 13.7 Å². The number of rotatable bonds is 6. The number of methoxy groups -OCH3 is 1.